The highest BCUT2D eigenvalue weighted by molar-refractivity contribution is 5.93. The molecule has 3 N–H and O–H groups in total. The number of alkyl carbamates (subject to hydrolysis) is 1. The summed E-state index contributed by atoms with van der Waals surface area (Å²) in [4.78, 5) is 42.0. The number of hydrogen-bond acceptors (Lipinski definition) is 5. The van der Waals surface area contributed by atoms with Crippen LogP contribution in [0.4, 0.5) is 4.79 Å². The van der Waals surface area contributed by atoms with Crippen molar-refractivity contribution in [2.45, 2.75) is 105 Å². The number of nitrogens with one attached hydrogen (secondary N) is 2. The van der Waals surface area contributed by atoms with Crippen molar-refractivity contribution in [1.82, 2.24) is 15.5 Å². The zero-order valence-corrected chi connectivity index (χ0v) is 22.6. The van der Waals surface area contributed by atoms with E-state index in [0.29, 0.717) is 17.5 Å². The van der Waals surface area contributed by atoms with Crippen LogP contribution in [0.5, 0.6) is 5.75 Å². The van der Waals surface area contributed by atoms with E-state index in [9.17, 15) is 19.5 Å². The number of nitrogens with zero attached hydrogens (tertiary/aromatic N) is 1. The van der Waals surface area contributed by atoms with E-state index < -0.39 is 23.8 Å². The topological polar surface area (TPSA) is 108 Å². The van der Waals surface area contributed by atoms with Gasteiger partial charge in [0, 0.05) is 12.1 Å². The Hall–Kier alpha value is -2.77. The number of aryl methyl sites for hydroxylation is 1. The molecule has 1 fully saturated rings. The fourth-order valence-corrected chi connectivity index (χ4v) is 4.10. The number of carbonyl (C=O) groups excluding carboxylic acids is 3. The van der Waals surface area contributed by atoms with Gasteiger partial charge in [0.1, 0.15) is 23.4 Å². The molecule has 0 aliphatic heterocycles. The standard InChI is InChI=1S/C27H43N3O5/c1-10-16(4)22(29-26(34)35-27(7,8)9)25(33)30(20-14-17(20)5)23(24(32)28-15(2)3)19-11-12-21(31)18(6)13-19/h11-13,15-17,20,22-23,31H,10,14H2,1-9H3,(H,28,32)(H,29,34). The first-order chi connectivity index (χ1) is 16.2. The quantitative estimate of drug-likeness (QED) is 0.475. The van der Waals surface area contributed by atoms with Crippen molar-refractivity contribution >= 4 is 17.9 Å². The minimum atomic E-state index is -0.897. The van der Waals surface area contributed by atoms with Gasteiger partial charge in [-0.2, -0.15) is 0 Å². The van der Waals surface area contributed by atoms with Gasteiger partial charge in [-0.25, -0.2) is 4.79 Å². The molecule has 1 aromatic rings. The number of carbonyl (C=O) groups is 3. The van der Waals surface area contributed by atoms with Crippen molar-refractivity contribution in [3.05, 3.63) is 29.3 Å². The molecule has 0 heterocycles. The Morgan fingerprint density at radius 1 is 1.17 bits per heavy atom. The molecular weight excluding hydrogens is 446 g/mol. The summed E-state index contributed by atoms with van der Waals surface area (Å²) in [6, 6.07) is 2.96. The highest BCUT2D eigenvalue weighted by Gasteiger charge is 2.49. The summed E-state index contributed by atoms with van der Waals surface area (Å²) in [7, 11) is 0. The van der Waals surface area contributed by atoms with Gasteiger partial charge in [0.25, 0.3) is 0 Å². The molecule has 5 atom stereocenters. The summed E-state index contributed by atoms with van der Waals surface area (Å²) in [5.74, 6) is -0.432. The summed E-state index contributed by atoms with van der Waals surface area (Å²) < 4.78 is 5.44. The second kappa shape index (κ2) is 11.3. The maximum absolute atomic E-state index is 14.2. The summed E-state index contributed by atoms with van der Waals surface area (Å²) in [6.45, 7) is 16.7. The first-order valence-corrected chi connectivity index (χ1v) is 12.6. The maximum atomic E-state index is 14.2. The number of aromatic hydroxyl groups is 1. The second-order valence-electron chi connectivity index (χ2n) is 11.1. The third-order valence-electron chi connectivity index (χ3n) is 6.32. The van der Waals surface area contributed by atoms with Gasteiger partial charge in [0.05, 0.1) is 0 Å². The summed E-state index contributed by atoms with van der Waals surface area (Å²) in [6.07, 6.45) is 0.763. The fraction of sp³-hybridized carbons (Fsp3) is 0.667. The molecule has 1 saturated carbocycles. The fourth-order valence-electron chi connectivity index (χ4n) is 4.10. The Labute approximate surface area is 209 Å². The lowest BCUT2D eigenvalue weighted by atomic mass is 9.95. The molecule has 2 rings (SSSR count). The maximum Gasteiger partial charge on any atom is 0.408 e. The smallest absolute Gasteiger partial charge is 0.408 e. The predicted molar refractivity (Wildman–Crippen MR) is 136 cm³/mol. The zero-order chi connectivity index (χ0) is 26.7. The summed E-state index contributed by atoms with van der Waals surface area (Å²) in [5, 5.41) is 15.8. The van der Waals surface area contributed by atoms with Crippen LogP contribution in [-0.2, 0) is 14.3 Å². The number of rotatable bonds is 9. The van der Waals surface area contributed by atoms with Crippen LogP contribution in [0.1, 0.15) is 85.4 Å². The van der Waals surface area contributed by atoms with Gasteiger partial charge in [0.2, 0.25) is 11.8 Å². The number of ether oxygens (including phenoxy) is 1. The molecular formula is C27H43N3O5. The molecule has 35 heavy (non-hydrogen) atoms. The lowest BCUT2D eigenvalue weighted by Crippen LogP contribution is -2.56. The van der Waals surface area contributed by atoms with Gasteiger partial charge in [-0.3, -0.25) is 9.59 Å². The monoisotopic (exact) mass is 489 g/mol. The number of amides is 3. The molecule has 0 aromatic heterocycles. The Bertz CT molecular complexity index is 924. The van der Waals surface area contributed by atoms with Gasteiger partial charge in [-0.15, -0.1) is 0 Å². The Kier molecular flexibility index (Phi) is 9.20. The molecule has 196 valence electrons. The molecule has 8 heteroatoms. The van der Waals surface area contributed by atoms with E-state index in [1.165, 1.54) is 0 Å². The Morgan fingerprint density at radius 3 is 2.23 bits per heavy atom. The molecule has 5 unspecified atom stereocenters. The highest BCUT2D eigenvalue weighted by atomic mass is 16.6. The third kappa shape index (κ3) is 7.61. The SMILES string of the molecule is CCC(C)C(NC(=O)OC(C)(C)C)C(=O)N(C(C(=O)NC(C)C)c1ccc(O)c(C)c1)C1CC1C. The van der Waals surface area contributed by atoms with E-state index in [4.69, 9.17) is 4.74 Å². The van der Waals surface area contributed by atoms with Crippen molar-refractivity contribution in [2.24, 2.45) is 11.8 Å². The molecule has 1 aliphatic carbocycles. The molecule has 3 amide bonds. The van der Waals surface area contributed by atoms with Crippen molar-refractivity contribution in [1.29, 1.82) is 0 Å². The van der Waals surface area contributed by atoms with Gasteiger partial charge in [-0.1, -0.05) is 33.3 Å². The van der Waals surface area contributed by atoms with Crippen molar-refractivity contribution < 1.29 is 24.2 Å². The average molecular weight is 490 g/mol. The van der Waals surface area contributed by atoms with E-state index in [0.717, 1.165) is 6.42 Å². The van der Waals surface area contributed by atoms with Crippen molar-refractivity contribution in [2.75, 3.05) is 0 Å². The van der Waals surface area contributed by atoms with E-state index in [-0.39, 0.29) is 41.5 Å². The van der Waals surface area contributed by atoms with Crippen molar-refractivity contribution in [3.63, 3.8) is 0 Å². The summed E-state index contributed by atoms with van der Waals surface area (Å²) >= 11 is 0. The molecule has 0 radical (unpaired) electrons. The Morgan fingerprint density at radius 2 is 1.77 bits per heavy atom. The minimum Gasteiger partial charge on any atom is -0.508 e. The largest absolute Gasteiger partial charge is 0.508 e. The number of phenolic OH excluding ortho intramolecular Hbond substituents is 1. The Balaban J connectivity index is 2.54. The van der Waals surface area contributed by atoms with Crippen LogP contribution in [0.15, 0.2) is 18.2 Å². The van der Waals surface area contributed by atoms with Crippen LogP contribution in [-0.4, -0.2) is 51.6 Å². The van der Waals surface area contributed by atoms with Crippen LogP contribution in [0, 0.1) is 18.8 Å². The molecule has 0 bridgehead atoms. The highest BCUT2D eigenvalue weighted by Crippen LogP contribution is 2.41. The van der Waals surface area contributed by atoms with Gasteiger partial charge >= 0.3 is 6.09 Å². The molecule has 1 aliphatic rings. The summed E-state index contributed by atoms with van der Waals surface area (Å²) in [5.41, 5.74) is 0.527. The third-order valence-corrected chi connectivity index (χ3v) is 6.32. The van der Waals surface area contributed by atoms with Gasteiger partial charge in [0.15, 0.2) is 0 Å². The van der Waals surface area contributed by atoms with Crippen LogP contribution in [0.25, 0.3) is 0 Å². The van der Waals surface area contributed by atoms with Crippen molar-refractivity contribution in [3.8, 4) is 5.75 Å². The molecule has 0 spiro atoms. The number of phenols is 1. The normalized spacial score (nSPS) is 19.9. The molecule has 0 saturated heterocycles. The van der Waals surface area contributed by atoms with Crippen LogP contribution < -0.4 is 10.6 Å². The second-order valence-corrected chi connectivity index (χ2v) is 11.1. The first kappa shape index (κ1) is 28.5. The predicted octanol–water partition coefficient (Wildman–Crippen LogP) is 4.44. The van der Waals surface area contributed by atoms with Crippen LogP contribution in [0.3, 0.4) is 0 Å². The van der Waals surface area contributed by atoms with E-state index in [1.54, 1.807) is 50.8 Å². The average Bonchev–Trinajstić information content (AvgIpc) is 3.45. The van der Waals surface area contributed by atoms with E-state index in [2.05, 4.69) is 10.6 Å². The van der Waals surface area contributed by atoms with Gasteiger partial charge in [-0.05, 0) is 83.1 Å². The van der Waals surface area contributed by atoms with Gasteiger partial charge < -0.3 is 25.4 Å². The zero-order valence-electron chi connectivity index (χ0n) is 22.6. The molecule has 8 nitrogen and oxygen atoms in total. The van der Waals surface area contributed by atoms with E-state index in [1.807, 2.05) is 34.6 Å². The lowest BCUT2D eigenvalue weighted by Gasteiger charge is -2.37. The minimum absolute atomic E-state index is 0.123. The number of benzene rings is 1. The molecule has 1 aromatic carbocycles. The van der Waals surface area contributed by atoms with Crippen LogP contribution >= 0.6 is 0 Å². The lowest BCUT2D eigenvalue weighted by molar-refractivity contribution is -0.144. The number of hydrogen-bond donors (Lipinski definition) is 3. The van der Waals surface area contributed by atoms with E-state index >= 15 is 0 Å². The van der Waals surface area contributed by atoms with Crippen LogP contribution in [0.2, 0.25) is 0 Å². The first-order valence-electron chi connectivity index (χ1n) is 12.6.